The van der Waals surface area contributed by atoms with Crippen LogP contribution in [0.3, 0.4) is 0 Å². The van der Waals surface area contributed by atoms with Crippen LogP contribution in [0.25, 0.3) is 10.8 Å². The second-order valence-corrected chi connectivity index (χ2v) is 11.0. The summed E-state index contributed by atoms with van der Waals surface area (Å²) >= 11 is 0. The Labute approximate surface area is 194 Å². The van der Waals surface area contributed by atoms with Gasteiger partial charge in [-0.05, 0) is 54.6 Å². The summed E-state index contributed by atoms with van der Waals surface area (Å²) in [5.74, 6) is 0.962. The Hall–Kier alpha value is -3.37. The minimum Gasteiger partial charge on any atom is -1.00 e. The lowest BCUT2D eigenvalue weighted by Gasteiger charge is -2.27. The molecule has 32 heavy (non-hydrogen) atoms. The molecule has 0 N–H and O–H groups in total. The Bertz CT molecular complexity index is 1260. The zero-order valence-electron chi connectivity index (χ0n) is 17.4. The van der Waals surface area contributed by atoms with Crippen molar-refractivity contribution in [3.8, 4) is 6.07 Å². The highest BCUT2D eigenvalue weighted by molar-refractivity contribution is 7.95. The number of hydrogen-bond donors (Lipinski definition) is 0. The molecule has 5 rings (SSSR count). The zero-order valence-corrected chi connectivity index (χ0v) is 19.0. The van der Waals surface area contributed by atoms with E-state index < -0.39 is 7.26 Å². The molecular formula is C28H21ClNOP. The molecular weight excluding hydrogens is 433 g/mol. The Morgan fingerprint density at radius 3 is 1.66 bits per heavy atom. The maximum atomic E-state index is 9.26. The van der Waals surface area contributed by atoms with Crippen molar-refractivity contribution in [3.05, 3.63) is 127 Å². The lowest BCUT2D eigenvalue weighted by atomic mass is 10.1. The smallest absolute Gasteiger partial charge is 0.149 e. The normalized spacial score (nSPS) is 11.0. The molecule has 0 amide bonds. The Balaban J connectivity index is 0.00000245. The molecule has 0 unspecified atom stereocenters. The van der Waals surface area contributed by atoms with Crippen LogP contribution in [0.1, 0.15) is 11.3 Å². The molecule has 0 saturated heterocycles. The molecule has 4 heteroatoms. The SMILES string of the molecule is N#Cc1ccc2c(C[P+](c3ccccc3)(c3ccccc3)c3ccccc3)occ2c1.[Cl-]. The van der Waals surface area contributed by atoms with Gasteiger partial charge in [-0.25, -0.2) is 0 Å². The molecule has 156 valence electrons. The van der Waals surface area contributed by atoms with E-state index in [1.807, 2.05) is 18.2 Å². The van der Waals surface area contributed by atoms with Crippen LogP contribution in [-0.2, 0) is 6.16 Å². The number of halogens is 1. The van der Waals surface area contributed by atoms with E-state index in [-0.39, 0.29) is 12.4 Å². The lowest BCUT2D eigenvalue weighted by molar-refractivity contribution is -0.00000665. The lowest BCUT2D eigenvalue weighted by Crippen LogP contribution is -3.00. The van der Waals surface area contributed by atoms with Crippen LogP contribution in [0, 0.1) is 11.3 Å². The van der Waals surface area contributed by atoms with Gasteiger partial charge in [0.05, 0.1) is 17.9 Å². The largest absolute Gasteiger partial charge is 1.00 e. The first kappa shape index (κ1) is 21.8. The maximum Gasteiger partial charge on any atom is 0.149 e. The summed E-state index contributed by atoms with van der Waals surface area (Å²) in [6.07, 6.45) is 2.56. The van der Waals surface area contributed by atoms with Gasteiger partial charge in [-0.2, -0.15) is 5.26 Å². The molecule has 4 aromatic carbocycles. The van der Waals surface area contributed by atoms with Crippen LogP contribution >= 0.6 is 7.26 Å². The molecule has 0 fully saturated rings. The first-order chi connectivity index (χ1) is 15.3. The van der Waals surface area contributed by atoms with Crippen molar-refractivity contribution in [3.63, 3.8) is 0 Å². The van der Waals surface area contributed by atoms with Gasteiger partial charge in [0.2, 0.25) is 0 Å². The van der Waals surface area contributed by atoms with Crippen molar-refractivity contribution in [1.82, 2.24) is 0 Å². The second kappa shape index (κ2) is 9.41. The molecule has 1 aromatic heterocycles. The number of fused-ring (bicyclic) bond motifs is 1. The third kappa shape index (κ3) is 3.82. The van der Waals surface area contributed by atoms with Crippen LogP contribution in [0.2, 0.25) is 0 Å². The standard InChI is InChI=1S/C28H21NOP.ClH/c29-19-22-16-17-27-23(18-22)20-30-28(27)21-31(24-10-4-1-5-11-24,25-12-6-2-7-13-25)26-14-8-3-9-15-26;/h1-18,20H,21H2;1H/q+1;/p-1. The zero-order chi connectivity index (χ0) is 21.1. The minimum absolute atomic E-state index is 0. The molecule has 1 heterocycles. The Kier molecular flexibility index (Phi) is 6.42. The van der Waals surface area contributed by atoms with Gasteiger partial charge < -0.3 is 16.8 Å². The van der Waals surface area contributed by atoms with E-state index in [9.17, 15) is 5.26 Å². The van der Waals surface area contributed by atoms with E-state index in [4.69, 9.17) is 4.42 Å². The quantitative estimate of drug-likeness (QED) is 0.384. The van der Waals surface area contributed by atoms with Crippen LogP contribution in [-0.4, -0.2) is 0 Å². The molecule has 0 bridgehead atoms. The highest BCUT2D eigenvalue weighted by Crippen LogP contribution is 2.58. The predicted molar refractivity (Wildman–Crippen MR) is 130 cm³/mol. The average Bonchev–Trinajstić information content (AvgIpc) is 3.26. The fourth-order valence-electron chi connectivity index (χ4n) is 4.29. The van der Waals surface area contributed by atoms with E-state index in [1.54, 1.807) is 6.26 Å². The van der Waals surface area contributed by atoms with Gasteiger partial charge in [0.1, 0.15) is 35.1 Å². The number of furan rings is 1. The first-order valence-corrected chi connectivity index (χ1v) is 12.2. The molecule has 0 aliphatic rings. The van der Waals surface area contributed by atoms with Crippen LogP contribution in [0.15, 0.2) is 120 Å². The summed E-state index contributed by atoms with van der Waals surface area (Å²) in [4.78, 5) is 0. The molecule has 0 spiro atoms. The van der Waals surface area contributed by atoms with Gasteiger partial charge >= 0.3 is 0 Å². The third-order valence-corrected chi connectivity index (χ3v) is 10.1. The molecule has 0 aliphatic carbocycles. The van der Waals surface area contributed by atoms with Crippen molar-refractivity contribution in [1.29, 1.82) is 5.26 Å². The van der Waals surface area contributed by atoms with Gasteiger partial charge in [-0.3, -0.25) is 0 Å². The number of nitrogens with zero attached hydrogens (tertiary/aromatic N) is 1. The third-order valence-electron chi connectivity index (χ3n) is 5.78. The summed E-state index contributed by atoms with van der Waals surface area (Å²) in [5, 5.41) is 15.3. The van der Waals surface area contributed by atoms with Gasteiger partial charge in [-0.1, -0.05) is 54.6 Å². The average molecular weight is 454 g/mol. The summed E-state index contributed by atoms with van der Waals surface area (Å²) in [5.41, 5.74) is 0.648. The van der Waals surface area contributed by atoms with Crippen LogP contribution in [0.4, 0.5) is 0 Å². The maximum absolute atomic E-state index is 9.26. The van der Waals surface area contributed by atoms with Crippen molar-refractivity contribution >= 4 is 33.9 Å². The molecule has 0 atom stereocenters. The number of benzene rings is 4. The predicted octanol–water partition coefficient (Wildman–Crippen LogP) is 2.80. The van der Waals surface area contributed by atoms with Crippen LogP contribution in [0.5, 0.6) is 0 Å². The first-order valence-electron chi connectivity index (χ1n) is 10.3. The fraction of sp³-hybridized carbons (Fsp3) is 0.0357. The van der Waals surface area contributed by atoms with Crippen molar-refractivity contribution < 1.29 is 16.8 Å². The van der Waals surface area contributed by atoms with Gasteiger partial charge in [0.15, 0.2) is 0 Å². The van der Waals surface area contributed by atoms with E-state index in [2.05, 4.69) is 97.1 Å². The topological polar surface area (TPSA) is 36.9 Å². The van der Waals surface area contributed by atoms with Crippen molar-refractivity contribution in [2.24, 2.45) is 0 Å². The van der Waals surface area contributed by atoms with Gasteiger partial charge in [0.25, 0.3) is 0 Å². The molecule has 0 aliphatic heterocycles. The van der Waals surface area contributed by atoms with Crippen molar-refractivity contribution in [2.45, 2.75) is 6.16 Å². The summed E-state index contributed by atoms with van der Waals surface area (Å²) in [6, 6.07) is 40.4. The molecule has 0 radical (unpaired) electrons. The van der Waals surface area contributed by atoms with Gasteiger partial charge in [-0.15, -0.1) is 0 Å². The van der Waals surface area contributed by atoms with E-state index in [0.29, 0.717) is 5.56 Å². The fourth-order valence-corrected chi connectivity index (χ4v) is 8.45. The number of rotatable bonds is 5. The van der Waals surface area contributed by atoms with E-state index >= 15 is 0 Å². The van der Waals surface area contributed by atoms with Crippen molar-refractivity contribution in [2.75, 3.05) is 0 Å². The Morgan fingerprint density at radius 2 is 1.19 bits per heavy atom. The van der Waals surface area contributed by atoms with Crippen LogP contribution < -0.4 is 28.3 Å². The monoisotopic (exact) mass is 453 g/mol. The molecule has 5 aromatic rings. The minimum atomic E-state index is -2.02. The summed E-state index contributed by atoms with van der Waals surface area (Å²) < 4.78 is 6.15. The summed E-state index contributed by atoms with van der Waals surface area (Å²) in [6.45, 7) is 0. The molecule has 2 nitrogen and oxygen atoms in total. The Morgan fingerprint density at radius 1 is 0.688 bits per heavy atom. The van der Waals surface area contributed by atoms with Gasteiger partial charge in [0, 0.05) is 10.8 Å². The molecule has 0 saturated carbocycles. The van der Waals surface area contributed by atoms with E-state index in [1.165, 1.54) is 15.9 Å². The number of nitriles is 1. The highest BCUT2D eigenvalue weighted by atomic mass is 35.5. The number of hydrogen-bond acceptors (Lipinski definition) is 2. The second-order valence-electron chi connectivity index (χ2n) is 7.55. The highest BCUT2D eigenvalue weighted by Gasteiger charge is 2.46. The summed E-state index contributed by atoms with van der Waals surface area (Å²) in [7, 11) is -2.02. The van der Waals surface area contributed by atoms with E-state index in [0.717, 1.165) is 22.7 Å².